The van der Waals surface area contributed by atoms with Gasteiger partial charge in [0.25, 0.3) is 0 Å². The molecule has 1 radical (unpaired) electrons. The van der Waals surface area contributed by atoms with Gasteiger partial charge in [-0.05, 0) is 31.2 Å². The Morgan fingerprint density at radius 2 is 2.00 bits per heavy atom. The van der Waals surface area contributed by atoms with Gasteiger partial charge in [-0.3, -0.25) is 0 Å². The van der Waals surface area contributed by atoms with E-state index in [1.54, 1.807) is 19.1 Å². The van der Waals surface area contributed by atoms with Crippen LogP contribution in [0.2, 0.25) is 0 Å². The maximum Gasteiger partial charge on any atom is 0.397 e. The summed E-state index contributed by atoms with van der Waals surface area (Å²) >= 11 is 0. The summed E-state index contributed by atoms with van der Waals surface area (Å²) in [4.78, 5) is 0.229. The van der Waals surface area contributed by atoms with Gasteiger partial charge in [-0.25, -0.2) is 8.93 Å². The Balaban J connectivity index is 0.00000162. The van der Waals surface area contributed by atoms with Crippen LogP contribution in [-0.2, 0) is 32.4 Å². The van der Waals surface area contributed by atoms with Crippen molar-refractivity contribution < 1.29 is 35.3 Å². The zero-order chi connectivity index (χ0) is 12.5. The van der Waals surface area contributed by atoms with Crippen molar-refractivity contribution in [2.45, 2.75) is 11.8 Å². The molecule has 1 aromatic carbocycles. The van der Waals surface area contributed by atoms with Crippen molar-refractivity contribution in [2.75, 3.05) is 10.5 Å². The summed E-state index contributed by atoms with van der Waals surface area (Å²) in [7, 11) is -3.39. The number of aromatic nitrogens is 1. The van der Waals surface area contributed by atoms with Crippen LogP contribution in [0.25, 0.3) is 0 Å². The van der Waals surface area contributed by atoms with E-state index in [9.17, 15) is 8.42 Å². The Bertz CT molecular complexity index is 622. The van der Waals surface area contributed by atoms with Crippen LogP contribution >= 0.6 is 0 Å². The first kappa shape index (κ1) is 14.8. The molecule has 0 saturated carbocycles. The average Bonchev–Trinajstić information content (AvgIpc) is 2.63. The molecule has 1 aromatic heterocycles. The Morgan fingerprint density at radius 3 is 2.50 bits per heavy atom. The molecule has 0 amide bonds. The molecule has 18 heavy (non-hydrogen) atoms. The number of aryl methyl sites for hydroxylation is 1. The molecule has 0 aliphatic heterocycles. The fourth-order valence-corrected chi connectivity index (χ4v) is 2.27. The molecule has 4 N–H and O–H groups in total. The predicted octanol–water partition coefficient (Wildman–Crippen LogP) is 1.52. The monoisotopic (exact) mass is 361 g/mol. The minimum absolute atomic E-state index is 0. The van der Waals surface area contributed by atoms with Gasteiger partial charge >= 0.3 is 10.0 Å². The molecular formula is C10H12AgN3O3S+. The van der Waals surface area contributed by atoms with Crippen LogP contribution in [0.1, 0.15) is 5.76 Å². The SMILES string of the molecule is Cc1cc(NS(=O)(=[OH+])c2ccc(N)cc2)no1.[Ag]. The van der Waals surface area contributed by atoms with Gasteiger partial charge in [0.1, 0.15) is 10.7 Å². The third-order valence-electron chi connectivity index (χ3n) is 2.07. The van der Waals surface area contributed by atoms with Crippen LogP contribution in [0.5, 0.6) is 0 Å². The van der Waals surface area contributed by atoms with E-state index >= 15 is 0 Å². The number of nitrogens with zero attached hydrogens (tertiary/aromatic N) is 1. The van der Waals surface area contributed by atoms with E-state index in [-0.39, 0.29) is 33.1 Å². The summed E-state index contributed by atoms with van der Waals surface area (Å²) in [5.74, 6) is 0.770. The van der Waals surface area contributed by atoms with Crippen molar-refractivity contribution in [3.05, 3.63) is 36.1 Å². The van der Waals surface area contributed by atoms with E-state index in [0.29, 0.717) is 11.4 Å². The molecule has 1 heterocycles. The molecule has 0 aliphatic rings. The van der Waals surface area contributed by atoms with Gasteiger partial charge < -0.3 is 10.3 Å². The summed E-state index contributed by atoms with van der Waals surface area (Å²) in [5.41, 5.74) is 6.03. The standard InChI is InChI=1S/C10H11N3O3S.Ag/c1-7-6-10(12-16-7)13-17(14,15)9-4-2-8(11)3-5-9;/h2-6H,11H2,1H3,(H,12,13,14,15);/p+1. The molecule has 1 atom stereocenters. The first-order chi connectivity index (χ1) is 7.97. The number of nitrogens with one attached hydrogen (secondary N) is 1. The van der Waals surface area contributed by atoms with Crippen LogP contribution in [0.3, 0.4) is 0 Å². The summed E-state index contributed by atoms with van der Waals surface area (Å²) in [6.07, 6.45) is 0. The van der Waals surface area contributed by atoms with Crippen LogP contribution in [-0.4, -0.2) is 13.6 Å². The van der Waals surface area contributed by atoms with Gasteiger partial charge in [-0.15, -0.1) is 0 Å². The minimum Gasteiger partial charge on any atom is -0.399 e. The molecule has 0 aliphatic carbocycles. The van der Waals surface area contributed by atoms with Crippen molar-refractivity contribution >= 4 is 21.5 Å². The number of hydrogen-bond donors (Lipinski definition) is 2. The van der Waals surface area contributed by atoms with E-state index in [0.717, 1.165) is 0 Å². The molecule has 0 spiro atoms. The second kappa shape index (κ2) is 5.57. The third-order valence-corrected chi connectivity index (χ3v) is 3.47. The number of nitrogens with two attached hydrogens (primary N) is 1. The summed E-state index contributed by atoms with van der Waals surface area (Å²) in [6, 6.07) is 7.62. The number of anilines is 2. The third kappa shape index (κ3) is 3.36. The molecule has 2 aromatic rings. The molecule has 0 fully saturated rings. The van der Waals surface area contributed by atoms with E-state index in [4.69, 9.17) is 10.3 Å². The average molecular weight is 362 g/mol. The van der Waals surface area contributed by atoms with Gasteiger partial charge in [-0.2, -0.15) is 4.21 Å². The van der Waals surface area contributed by atoms with Gasteiger partial charge in [-0.1, -0.05) is 5.16 Å². The fraction of sp³-hybridized carbons (Fsp3) is 0.100. The summed E-state index contributed by atoms with van der Waals surface area (Å²) in [5, 5.41) is 3.59. The molecule has 8 heteroatoms. The number of benzene rings is 1. The van der Waals surface area contributed by atoms with Crippen molar-refractivity contribution in [3.63, 3.8) is 0 Å². The first-order valence-corrected chi connectivity index (χ1v) is 6.32. The summed E-state index contributed by atoms with van der Waals surface area (Å²) in [6.45, 7) is 1.70. The molecule has 0 saturated heterocycles. The zero-order valence-corrected chi connectivity index (χ0v) is 11.7. The van der Waals surface area contributed by atoms with Crippen LogP contribution in [0, 0.1) is 6.92 Å². The Kier molecular flexibility index (Phi) is 4.58. The van der Waals surface area contributed by atoms with E-state index in [2.05, 4.69) is 9.88 Å². The quantitative estimate of drug-likeness (QED) is 0.491. The van der Waals surface area contributed by atoms with E-state index in [1.165, 1.54) is 18.2 Å². The molecule has 2 rings (SSSR count). The second-order valence-corrected chi connectivity index (χ2v) is 5.25. The van der Waals surface area contributed by atoms with Crippen molar-refractivity contribution in [2.24, 2.45) is 0 Å². The molecule has 6 nitrogen and oxygen atoms in total. The normalized spacial score (nSPS) is 13.4. The maximum absolute atomic E-state index is 12.0. The number of nitrogen functional groups attached to an aromatic ring is 1. The Hall–Kier alpha value is -1.28. The van der Waals surface area contributed by atoms with E-state index < -0.39 is 10.0 Å². The van der Waals surface area contributed by atoms with Gasteiger partial charge in [0, 0.05) is 34.1 Å². The largest absolute Gasteiger partial charge is 0.399 e. The first-order valence-electron chi connectivity index (χ1n) is 4.81. The zero-order valence-electron chi connectivity index (χ0n) is 9.38. The van der Waals surface area contributed by atoms with Crippen LogP contribution < -0.4 is 10.5 Å². The number of rotatable bonds is 3. The smallest absolute Gasteiger partial charge is 0.397 e. The molecule has 1 unspecified atom stereocenters. The molecular weight excluding hydrogens is 350 g/mol. The molecule has 101 valence electrons. The van der Waals surface area contributed by atoms with Crippen LogP contribution in [0.4, 0.5) is 11.5 Å². The van der Waals surface area contributed by atoms with Crippen molar-refractivity contribution in [1.29, 1.82) is 0 Å². The maximum atomic E-state index is 12.0. The van der Waals surface area contributed by atoms with Gasteiger partial charge in [0.15, 0.2) is 5.82 Å². The Labute approximate surface area is 120 Å². The second-order valence-electron chi connectivity index (χ2n) is 3.52. The predicted molar refractivity (Wildman–Crippen MR) is 64.1 cm³/mol. The van der Waals surface area contributed by atoms with E-state index in [1.807, 2.05) is 0 Å². The topological polar surface area (TPSA) is 103 Å². The number of hydrogen-bond acceptors (Lipinski definition) is 4. The van der Waals surface area contributed by atoms with Gasteiger partial charge in [0.05, 0.1) is 0 Å². The minimum atomic E-state index is -3.39. The molecule has 0 bridgehead atoms. The fourth-order valence-electron chi connectivity index (χ4n) is 1.27. The van der Waals surface area contributed by atoms with Gasteiger partial charge in [0.2, 0.25) is 0 Å². The van der Waals surface area contributed by atoms with Crippen molar-refractivity contribution in [1.82, 2.24) is 5.16 Å². The van der Waals surface area contributed by atoms with Crippen LogP contribution in [0.15, 0.2) is 39.8 Å². The summed E-state index contributed by atoms with van der Waals surface area (Å²) < 4.78 is 29.0. The van der Waals surface area contributed by atoms with Crippen molar-refractivity contribution in [3.8, 4) is 0 Å². The Morgan fingerprint density at radius 1 is 1.39 bits per heavy atom.